The summed E-state index contributed by atoms with van der Waals surface area (Å²) in [6.45, 7) is 2.15. The van der Waals surface area contributed by atoms with Crippen LogP contribution in [0.15, 0.2) is 30.3 Å². The van der Waals surface area contributed by atoms with Crippen LogP contribution in [-0.4, -0.2) is 42.4 Å². The highest BCUT2D eigenvalue weighted by Crippen LogP contribution is 2.25. The highest BCUT2D eigenvalue weighted by Gasteiger charge is 2.35. The number of rotatable bonds is 3. The van der Waals surface area contributed by atoms with Crippen LogP contribution in [0.1, 0.15) is 29.6 Å². The maximum absolute atomic E-state index is 12.4. The number of benzene rings is 1. The van der Waals surface area contributed by atoms with Crippen LogP contribution in [0.5, 0.6) is 0 Å². The maximum Gasteiger partial charge on any atom is 0.323 e. The molecule has 2 saturated heterocycles. The number of carbonyl (C=O) groups excluding carboxylic acids is 2. The maximum atomic E-state index is 12.4. The second-order valence-electron chi connectivity index (χ2n) is 5.51. The Kier molecular flexibility index (Phi) is 3.83. The minimum atomic E-state index is -0.0992. The number of ether oxygens (including phenoxy) is 1. The lowest BCUT2D eigenvalue weighted by Crippen LogP contribution is -2.44. The molecule has 0 aliphatic carbocycles. The zero-order valence-corrected chi connectivity index (χ0v) is 11.5. The fraction of sp³-hybridized carbons (Fsp3) is 0.500. The molecular formula is C16H19NO3. The van der Waals surface area contributed by atoms with E-state index < -0.39 is 0 Å². The summed E-state index contributed by atoms with van der Waals surface area (Å²) < 4.78 is 5.01. The summed E-state index contributed by atoms with van der Waals surface area (Å²) in [4.78, 5) is 26.1. The molecular weight excluding hydrogens is 254 g/mol. The van der Waals surface area contributed by atoms with Gasteiger partial charge in [0.1, 0.15) is 6.04 Å². The summed E-state index contributed by atoms with van der Waals surface area (Å²) in [5.41, 5.74) is 0.797. The molecule has 4 nitrogen and oxygen atoms in total. The van der Waals surface area contributed by atoms with E-state index in [2.05, 4.69) is 4.90 Å². The lowest BCUT2D eigenvalue weighted by atomic mass is 9.88. The Balaban J connectivity index is 1.58. The molecule has 0 amide bonds. The molecule has 0 bridgehead atoms. The van der Waals surface area contributed by atoms with Gasteiger partial charge in [0.05, 0.1) is 6.61 Å². The molecule has 4 heteroatoms. The molecule has 2 aliphatic heterocycles. The molecule has 1 atom stereocenters. The van der Waals surface area contributed by atoms with Crippen molar-refractivity contribution in [3.05, 3.63) is 35.9 Å². The zero-order chi connectivity index (χ0) is 13.9. The van der Waals surface area contributed by atoms with Crippen molar-refractivity contribution in [2.75, 3.05) is 19.7 Å². The molecule has 2 fully saturated rings. The molecule has 1 aromatic rings. The van der Waals surface area contributed by atoms with E-state index in [0.717, 1.165) is 37.9 Å². The summed E-state index contributed by atoms with van der Waals surface area (Å²) >= 11 is 0. The van der Waals surface area contributed by atoms with Crippen molar-refractivity contribution in [3.63, 3.8) is 0 Å². The van der Waals surface area contributed by atoms with Crippen LogP contribution in [0.25, 0.3) is 0 Å². The van der Waals surface area contributed by atoms with E-state index in [-0.39, 0.29) is 23.7 Å². The van der Waals surface area contributed by atoms with E-state index in [1.807, 2.05) is 30.3 Å². The van der Waals surface area contributed by atoms with Crippen LogP contribution in [0.4, 0.5) is 0 Å². The topological polar surface area (TPSA) is 46.6 Å². The van der Waals surface area contributed by atoms with E-state index in [4.69, 9.17) is 4.74 Å². The number of nitrogens with zero attached hydrogens (tertiary/aromatic N) is 1. The molecule has 2 aliphatic rings. The minimum Gasteiger partial charge on any atom is -0.464 e. The Morgan fingerprint density at radius 1 is 1.10 bits per heavy atom. The summed E-state index contributed by atoms with van der Waals surface area (Å²) in [5.74, 6) is 0.225. The lowest BCUT2D eigenvalue weighted by Gasteiger charge is -2.33. The van der Waals surface area contributed by atoms with Gasteiger partial charge >= 0.3 is 5.97 Å². The molecule has 20 heavy (non-hydrogen) atoms. The Bertz CT molecular complexity index is 492. The molecule has 2 heterocycles. The van der Waals surface area contributed by atoms with E-state index in [1.54, 1.807) is 0 Å². The molecule has 106 valence electrons. The number of likely N-dealkylation sites (tertiary alicyclic amines) is 1. The predicted octanol–water partition coefficient (Wildman–Crippen LogP) is 1.90. The van der Waals surface area contributed by atoms with Crippen molar-refractivity contribution in [1.29, 1.82) is 0 Å². The number of Topliss-reactive ketones (excluding diaryl/α,β-unsaturated/α-hetero) is 1. The Morgan fingerprint density at radius 3 is 2.40 bits per heavy atom. The van der Waals surface area contributed by atoms with E-state index in [0.29, 0.717) is 6.61 Å². The lowest BCUT2D eigenvalue weighted by molar-refractivity contribution is -0.142. The molecule has 0 saturated carbocycles. The number of hydrogen-bond acceptors (Lipinski definition) is 4. The number of ketones is 1. The fourth-order valence-corrected chi connectivity index (χ4v) is 3.13. The van der Waals surface area contributed by atoms with Gasteiger partial charge in [0.25, 0.3) is 0 Å². The summed E-state index contributed by atoms with van der Waals surface area (Å²) in [7, 11) is 0. The van der Waals surface area contributed by atoms with Crippen molar-refractivity contribution in [2.45, 2.75) is 25.3 Å². The first kappa shape index (κ1) is 13.3. The Hall–Kier alpha value is -1.68. The predicted molar refractivity (Wildman–Crippen MR) is 74.4 cm³/mol. The highest BCUT2D eigenvalue weighted by molar-refractivity contribution is 5.97. The van der Waals surface area contributed by atoms with Crippen LogP contribution in [0.3, 0.4) is 0 Å². The van der Waals surface area contributed by atoms with Gasteiger partial charge in [-0.3, -0.25) is 14.5 Å². The third kappa shape index (κ3) is 2.61. The molecule has 1 unspecified atom stereocenters. The van der Waals surface area contributed by atoms with Crippen molar-refractivity contribution in [1.82, 2.24) is 4.90 Å². The van der Waals surface area contributed by atoms with E-state index >= 15 is 0 Å². The fourth-order valence-electron chi connectivity index (χ4n) is 3.13. The van der Waals surface area contributed by atoms with Gasteiger partial charge in [-0.05, 0) is 25.9 Å². The molecule has 0 spiro atoms. The van der Waals surface area contributed by atoms with Crippen LogP contribution in [0, 0.1) is 5.92 Å². The Morgan fingerprint density at radius 2 is 1.80 bits per heavy atom. The van der Waals surface area contributed by atoms with Gasteiger partial charge in [0.15, 0.2) is 5.78 Å². The van der Waals surface area contributed by atoms with Gasteiger partial charge in [-0.2, -0.15) is 0 Å². The van der Waals surface area contributed by atoms with Crippen LogP contribution >= 0.6 is 0 Å². The number of piperidine rings is 1. The van der Waals surface area contributed by atoms with Crippen LogP contribution in [-0.2, 0) is 9.53 Å². The van der Waals surface area contributed by atoms with E-state index in [9.17, 15) is 9.59 Å². The van der Waals surface area contributed by atoms with Gasteiger partial charge in [-0.1, -0.05) is 30.3 Å². The quantitative estimate of drug-likeness (QED) is 0.623. The van der Waals surface area contributed by atoms with Gasteiger partial charge < -0.3 is 4.74 Å². The molecule has 1 aromatic carbocycles. The van der Waals surface area contributed by atoms with Crippen molar-refractivity contribution >= 4 is 11.8 Å². The van der Waals surface area contributed by atoms with Crippen LogP contribution < -0.4 is 0 Å². The third-order valence-electron chi connectivity index (χ3n) is 4.31. The zero-order valence-electron chi connectivity index (χ0n) is 11.5. The van der Waals surface area contributed by atoms with Gasteiger partial charge in [-0.25, -0.2) is 0 Å². The average Bonchev–Trinajstić information content (AvgIpc) is 2.94. The Labute approximate surface area is 118 Å². The SMILES string of the molecule is O=C(c1ccccc1)C1CCN(C2CCOC2=O)CC1. The highest BCUT2D eigenvalue weighted by atomic mass is 16.5. The minimum absolute atomic E-state index is 0.0808. The molecule has 0 N–H and O–H groups in total. The number of esters is 1. The largest absolute Gasteiger partial charge is 0.464 e. The first-order valence-electron chi connectivity index (χ1n) is 7.25. The summed E-state index contributed by atoms with van der Waals surface area (Å²) in [6.07, 6.45) is 2.45. The number of cyclic esters (lactones) is 1. The smallest absolute Gasteiger partial charge is 0.323 e. The molecule has 0 aromatic heterocycles. The normalized spacial score (nSPS) is 24.6. The standard InChI is InChI=1S/C16H19NO3/c18-15(12-4-2-1-3-5-12)13-6-9-17(10-7-13)14-8-11-20-16(14)19/h1-5,13-14H,6-11H2. The third-order valence-corrected chi connectivity index (χ3v) is 4.31. The van der Waals surface area contributed by atoms with Gasteiger partial charge in [0.2, 0.25) is 0 Å². The molecule has 3 rings (SSSR count). The monoisotopic (exact) mass is 273 g/mol. The van der Waals surface area contributed by atoms with Crippen molar-refractivity contribution in [2.24, 2.45) is 5.92 Å². The van der Waals surface area contributed by atoms with Crippen LogP contribution in [0.2, 0.25) is 0 Å². The second kappa shape index (κ2) is 5.75. The van der Waals surface area contributed by atoms with Gasteiger partial charge in [0, 0.05) is 17.9 Å². The van der Waals surface area contributed by atoms with Gasteiger partial charge in [-0.15, -0.1) is 0 Å². The summed E-state index contributed by atoms with van der Waals surface area (Å²) in [5, 5.41) is 0. The van der Waals surface area contributed by atoms with E-state index in [1.165, 1.54) is 0 Å². The van der Waals surface area contributed by atoms with Crippen molar-refractivity contribution in [3.8, 4) is 0 Å². The number of hydrogen-bond donors (Lipinski definition) is 0. The second-order valence-corrected chi connectivity index (χ2v) is 5.51. The summed E-state index contributed by atoms with van der Waals surface area (Å²) in [6, 6.07) is 9.40. The first-order chi connectivity index (χ1) is 9.75. The number of carbonyl (C=O) groups is 2. The molecule has 0 radical (unpaired) electrons. The van der Waals surface area contributed by atoms with Crippen molar-refractivity contribution < 1.29 is 14.3 Å². The first-order valence-corrected chi connectivity index (χ1v) is 7.25. The average molecular weight is 273 g/mol.